The first kappa shape index (κ1) is 22.8. The zero-order valence-corrected chi connectivity index (χ0v) is 21.1. The van der Waals surface area contributed by atoms with Crippen LogP contribution in [-0.4, -0.2) is 11.6 Å². The van der Waals surface area contributed by atoms with Crippen molar-refractivity contribution in [3.05, 3.63) is 80.7 Å². The number of anilines is 1. The average molecular weight is 488 g/mol. The second-order valence-electron chi connectivity index (χ2n) is 10.1. The van der Waals surface area contributed by atoms with Crippen molar-refractivity contribution < 1.29 is 4.79 Å². The van der Waals surface area contributed by atoms with E-state index in [0.717, 1.165) is 41.6 Å². The molecule has 6 heteroatoms. The number of amides is 1. The summed E-state index contributed by atoms with van der Waals surface area (Å²) in [7, 11) is 0. The predicted molar refractivity (Wildman–Crippen MR) is 139 cm³/mol. The molecular formula is C28H26ClN3OS. The Bertz CT molecular complexity index is 1360. The first-order valence-corrected chi connectivity index (χ1v) is 12.8. The van der Waals surface area contributed by atoms with Gasteiger partial charge in [-0.05, 0) is 53.9 Å². The minimum Gasteiger partial charge on any atom is -0.302 e. The van der Waals surface area contributed by atoms with E-state index in [4.69, 9.17) is 16.6 Å². The number of aliphatic imine (C=N–C) groups is 1. The zero-order chi connectivity index (χ0) is 24.0. The molecule has 2 heterocycles. The van der Waals surface area contributed by atoms with Gasteiger partial charge in [-0.1, -0.05) is 68.8 Å². The molecule has 0 radical (unpaired) electrons. The Morgan fingerprint density at radius 3 is 2.65 bits per heavy atom. The summed E-state index contributed by atoms with van der Waals surface area (Å²) < 4.78 is 0. The molecule has 3 aromatic rings. The molecule has 5 rings (SSSR count). The van der Waals surface area contributed by atoms with E-state index in [0.29, 0.717) is 33.8 Å². The molecule has 0 saturated heterocycles. The SMILES string of the molecule is CC(C)(C)[C@@H]1CCc2c(sc(N=C3C(=O)N(Cc4ccccc4Cl)c4ccccc43)c2C#N)C1. The van der Waals surface area contributed by atoms with Crippen LogP contribution in [0.5, 0.6) is 0 Å². The number of nitrogens with zero attached hydrogens (tertiary/aromatic N) is 3. The highest BCUT2D eigenvalue weighted by molar-refractivity contribution is 7.16. The molecule has 0 spiro atoms. The molecule has 34 heavy (non-hydrogen) atoms. The van der Waals surface area contributed by atoms with Crippen molar-refractivity contribution in [1.29, 1.82) is 5.26 Å². The lowest BCUT2D eigenvalue weighted by atomic mass is 9.72. The molecule has 172 valence electrons. The maximum atomic E-state index is 13.6. The van der Waals surface area contributed by atoms with Crippen LogP contribution in [-0.2, 0) is 24.2 Å². The van der Waals surface area contributed by atoms with Gasteiger partial charge in [-0.15, -0.1) is 11.3 Å². The van der Waals surface area contributed by atoms with E-state index in [1.807, 2.05) is 48.5 Å². The maximum absolute atomic E-state index is 13.6. The van der Waals surface area contributed by atoms with Gasteiger partial charge in [-0.25, -0.2) is 4.99 Å². The second-order valence-corrected chi connectivity index (χ2v) is 11.6. The van der Waals surface area contributed by atoms with E-state index in [2.05, 4.69) is 26.8 Å². The van der Waals surface area contributed by atoms with E-state index >= 15 is 0 Å². The van der Waals surface area contributed by atoms with Crippen LogP contribution >= 0.6 is 22.9 Å². The summed E-state index contributed by atoms with van der Waals surface area (Å²) in [6, 6.07) is 17.6. The van der Waals surface area contributed by atoms with Crippen LogP contribution in [0.15, 0.2) is 53.5 Å². The highest BCUT2D eigenvalue weighted by Crippen LogP contribution is 2.45. The summed E-state index contributed by atoms with van der Waals surface area (Å²) in [4.78, 5) is 21.4. The third-order valence-electron chi connectivity index (χ3n) is 6.98. The predicted octanol–water partition coefficient (Wildman–Crippen LogP) is 7.09. The van der Waals surface area contributed by atoms with E-state index in [-0.39, 0.29) is 11.3 Å². The van der Waals surface area contributed by atoms with Gasteiger partial charge in [0.2, 0.25) is 0 Å². The van der Waals surface area contributed by atoms with Crippen molar-refractivity contribution in [1.82, 2.24) is 0 Å². The summed E-state index contributed by atoms with van der Waals surface area (Å²) in [6.07, 6.45) is 2.93. The number of benzene rings is 2. The lowest BCUT2D eigenvalue weighted by Crippen LogP contribution is -2.29. The van der Waals surface area contributed by atoms with Crippen molar-refractivity contribution >= 4 is 45.2 Å². The van der Waals surface area contributed by atoms with E-state index in [1.165, 1.54) is 4.88 Å². The first-order valence-electron chi connectivity index (χ1n) is 11.6. The fourth-order valence-corrected chi connectivity index (χ4v) is 6.38. The fourth-order valence-electron chi connectivity index (χ4n) is 4.93. The smallest absolute Gasteiger partial charge is 0.277 e. The molecule has 2 aromatic carbocycles. The number of hydrogen-bond acceptors (Lipinski definition) is 4. The number of carbonyl (C=O) groups excluding carboxylic acids is 1. The molecule has 0 unspecified atom stereocenters. The maximum Gasteiger partial charge on any atom is 0.277 e. The number of carbonyl (C=O) groups is 1. The van der Waals surface area contributed by atoms with Crippen LogP contribution < -0.4 is 4.90 Å². The molecule has 0 N–H and O–H groups in total. The van der Waals surface area contributed by atoms with Gasteiger partial charge < -0.3 is 4.90 Å². The number of thiophene rings is 1. The first-order chi connectivity index (χ1) is 16.3. The molecule has 0 fully saturated rings. The standard InChI is InChI=1S/C28H26ClN3OS/c1-28(2,3)18-12-13-19-21(15-30)26(34-24(19)14-18)31-25-20-9-5-7-11-23(20)32(27(25)33)16-17-8-4-6-10-22(17)29/h4-11,18H,12-14,16H2,1-3H3/t18-/m1/s1. The van der Waals surface area contributed by atoms with Crippen molar-refractivity contribution in [2.75, 3.05) is 4.90 Å². The van der Waals surface area contributed by atoms with Crippen LogP contribution in [0.3, 0.4) is 0 Å². The molecule has 1 aromatic heterocycles. The zero-order valence-electron chi connectivity index (χ0n) is 19.6. The number of rotatable bonds is 3. The third kappa shape index (κ3) is 3.96. The highest BCUT2D eigenvalue weighted by Gasteiger charge is 2.36. The molecule has 2 aliphatic rings. The Balaban J connectivity index is 1.55. The van der Waals surface area contributed by atoms with Crippen molar-refractivity contribution in [2.24, 2.45) is 16.3 Å². The molecule has 1 aliphatic carbocycles. The molecule has 1 amide bonds. The quantitative estimate of drug-likeness (QED) is 0.396. The van der Waals surface area contributed by atoms with E-state index in [1.54, 1.807) is 16.2 Å². The van der Waals surface area contributed by atoms with Gasteiger partial charge in [0.05, 0.1) is 17.8 Å². The van der Waals surface area contributed by atoms with Gasteiger partial charge in [-0.2, -0.15) is 5.26 Å². The number of fused-ring (bicyclic) bond motifs is 2. The lowest BCUT2D eigenvalue weighted by Gasteiger charge is -2.33. The van der Waals surface area contributed by atoms with E-state index < -0.39 is 0 Å². The molecule has 0 saturated carbocycles. The summed E-state index contributed by atoms with van der Waals surface area (Å²) >= 11 is 7.96. The molecule has 1 aliphatic heterocycles. The van der Waals surface area contributed by atoms with Gasteiger partial charge in [0.15, 0.2) is 0 Å². The van der Waals surface area contributed by atoms with Gasteiger partial charge >= 0.3 is 0 Å². The normalized spacial score (nSPS) is 18.7. The monoisotopic (exact) mass is 487 g/mol. The molecule has 1 atom stereocenters. The summed E-state index contributed by atoms with van der Waals surface area (Å²) in [5.74, 6) is 0.412. The topological polar surface area (TPSA) is 56.5 Å². The Labute approximate surface area is 209 Å². The van der Waals surface area contributed by atoms with Gasteiger partial charge in [0, 0.05) is 15.5 Å². The Kier molecular flexibility index (Phi) is 5.83. The Morgan fingerprint density at radius 2 is 1.91 bits per heavy atom. The average Bonchev–Trinajstić information content (AvgIpc) is 3.29. The van der Waals surface area contributed by atoms with Crippen LogP contribution in [0.25, 0.3) is 0 Å². The van der Waals surface area contributed by atoms with Gasteiger partial charge in [0.25, 0.3) is 5.91 Å². The van der Waals surface area contributed by atoms with Crippen molar-refractivity contribution in [2.45, 2.75) is 46.6 Å². The van der Waals surface area contributed by atoms with Crippen LogP contribution in [0.4, 0.5) is 10.7 Å². The van der Waals surface area contributed by atoms with Gasteiger partial charge in [0.1, 0.15) is 16.8 Å². The second kappa shape index (κ2) is 8.69. The van der Waals surface area contributed by atoms with Crippen molar-refractivity contribution in [3.8, 4) is 6.07 Å². The number of halogens is 1. The largest absolute Gasteiger partial charge is 0.302 e. The minimum absolute atomic E-state index is 0.163. The van der Waals surface area contributed by atoms with Crippen LogP contribution in [0.2, 0.25) is 5.02 Å². The molecule has 0 bridgehead atoms. The van der Waals surface area contributed by atoms with Crippen LogP contribution in [0, 0.1) is 22.7 Å². The molecule has 4 nitrogen and oxygen atoms in total. The number of hydrogen-bond donors (Lipinski definition) is 0. The highest BCUT2D eigenvalue weighted by atomic mass is 35.5. The van der Waals surface area contributed by atoms with Gasteiger partial charge in [-0.3, -0.25) is 4.79 Å². The van der Waals surface area contributed by atoms with E-state index in [9.17, 15) is 10.1 Å². The fraction of sp³-hybridized carbons (Fsp3) is 0.321. The van der Waals surface area contributed by atoms with Crippen LogP contribution in [0.1, 0.15) is 54.3 Å². The Morgan fingerprint density at radius 1 is 1.18 bits per heavy atom. The summed E-state index contributed by atoms with van der Waals surface area (Å²) in [5, 5.41) is 11.3. The third-order valence-corrected chi connectivity index (χ3v) is 8.50. The number of nitriles is 1. The minimum atomic E-state index is -0.163. The summed E-state index contributed by atoms with van der Waals surface area (Å²) in [6.45, 7) is 7.22. The number of para-hydroxylation sites is 1. The summed E-state index contributed by atoms with van der Waals surface area (Å²) in [5.41, 5.74) is 4.87. The van der Waals surface area contributed by atoms with Crippen molar-refractivity contribution in [3.63, 3.8) is 0 Å². The Hall–Kier alpha value is -2.94. The molecular weight excluding hydrogens is 462 g/mol. The lowest BCUT2D eigenvalue weighted by molar-refractivity contribution is -0.112.